The summed E-state index contributed by atoms with van der Waals surface area (Å²) in [5, 5.41) is 0. The first kappa shape index (κ1) is 13.1. The molecule has 0 radical (unpaired) electrons. The molecule has 0 saturated carbocycles. The number of benzene rings is 1. The summed E-state index contributed by atoms with van der Waals surface area (Å²) < 4.78 is 10.3. The summed E-state index contributed by atoms with van der Waals surface area (Å²) in [6.45, 7) is 4.87. The minimum Gasteiger partial charge on any atom is -0.468 e. The van der Waals surface area contributed by atoms with Crippen LogP contribution in [0, 0.1) is 6.92 Å². The van der Waals surface area contributed by atoms with Gasteiger partial charge in [0.25, 0.3) is 0 Å². The van der Waals surface area contributed by atoms with Gasteiger partial charge in [0.05, 0.1) is 20.3 Å². The van der Waals surface area contributed by atoms with Gasteiger partial charge in [-0.3, -0.25) is 4.90 Å². The van der Waals surface area contributed by atoms with E-state index in [9.17, 15) is 4.79 Å². The van der Waals surface area contributed by atoms with E-state index in [1.165, 1.54) is 7.11 Å². The summed E-state index contributed by atoms with van der Waals surface area (Å²) in [5.41, 5.74) is 2.13. The maximum absolute atomic E-state index is 12.1. The molecule has 0 amide bonds. The van der Waals surface area contributed by atoms with E-state index in [4.69, 9.17) is 9.47 Å². The van der Waals surface area contributed by atoms with Gasteiger partial charge in [0.1, 0.15) is 6.04 Å². The largest absolute Gasteiger partial charge is 0.468 e. The standard InChI is InChI=1S/C14H19NO3/c1-11-5-3-4-6-12(11)13(14(16)17-2)15-7-9-18-10-8-15/h3-6,13H,7-10H2,1-2H3. The molecule has 18 heavy (non-hydrogen) atoms. The number of carbonyl (C=O) groups is 1. The molecule has 98 valence electrons. The molecule has 2 rings (SSSR count). The van der Waals surface area contributed by atoms with Crippen LogP contribution in [0.1, 0.15) is 17.2 Å². The topological polar surface area (TPSA) is 38.8 Å². The van der Waals surface area contributed by atoms with Gasteiger partial charge < -0.3 is 9.47 Å². The first-order valence-corrected chi connectivity index (χ1v) is 6.19. The van der Waals surface area contributed by atoms with Crippen LogP contribution in [0.4, 0.5) is 0 Å². The lowest BCUT2D eigenvalue weighted by Gasteiger charge is -2.33. The van der Waals surface area contributed by atoms with Gasteiger partial charge in [-0.2, -0.15) is 0 Å². The minimum atomic E-state index is -0.319. The molecule has 0 aromatic heterocycles. The fourth-order valence-electron chi connectivity index (χ4n) is 2.31. The summed E-state index contributed by atoms with van der Waals surface area (Å²) in [4.78, 5) is 14.2. The number of morpholine rings is 1. The molecule has 1 fully saturated rings. The SMILES string of the molecule is COC(=O)C(c1ccccc1C)N1CCOCC1. The van der Waals surface area contributed by atoms with Gasteiger partial charge in [-0.15, -0.1) is 0 Å². The summed E-state index contributed by atoms with van der Waals surface area (Å²) in [6.07, 6.45) is 0. The van der Waals surface area contributed by atoms with Gasteiger partial charge in [0.2, 0.25) is 0 Å². The second kappa shape index (κ2) is 5.98. The number of hydrogen-bond donors (Lipinski definition) is 0. The van der Waals surface area contributed by atoms with Gasteiger partial charge in [-0.1, -0.05) is 24.3 Å². The van der Waals surface area contributed by atoms with Gasteiger partial charge >= 0.3 is 5.97 Å². The predicted molar refractivity (Wildman–Crippen MR) is 68.3 cm³/mol. The lowest BCUT2D eigenvalue weighted by Crippen LogP contribution is -2.42. The molecule has 1 aliphatic rings. The molecule has 1 unspecified atom stereocenters. The van der Waals surface area contributed by atoms with Gasteiger partial charge in [0, 0.05) is 13.1 Å². The van der Waals surface area contributed by atoms with E-state index in [0.717, 1.165) is 24.2 Å². The van der Waals surface area contributed by atoms with E-state index in [1.807, 2.05) is 31.2 Å². The smallest absolute Gasteiger partial charge is 0.327 e. The average Bonchev–Trinajstić information content (AvgIpc) is 2.42. The van der Waals surface area contributed by atoms with Crippen molar-refractivity contribution < 1.29 is 14.3 Å². The van der Waals surface area contributed by atoms with Crippen LogP contribution in [0.15, 0.2) is 24.3 Å². The van der Waals surface area contributed by atoms with Crippen molar-refractivity contribution in [2.45, 2.75) is 13.0 Å². The predicted octanol–water partition coefficient (Wildman–Crippen LogP) is 1.54. The molecule has 0 spiro atoms. The van der Waals surface area contributed by atoms with E-state index in [0.29, 0.717) is 13.2 Å². The molecule has 1 aliphatic heterocycles. The quantitative estimate of drug-likeness (QED) is 0.762. The fourth-order valence-corrected chi connectivity index (χ4v) is 2.31. The third kappa shape index (κ3) is 2.71. The highest BCUT2D eigenvalue weighted by atomic mass is 16.5. The summed E-state index contributed by atoms with van der Waals surface area (Å²) in [7, 11) is 1.44. The molecular formula is C14H19NO3. The molecule has 1 aromatic rings. The Morgan fingerprint density at radius 2 is 2.00 bits per heavy atom. The highest BCUT2D eigenvalue weighted by Crippen LogP contribution is 2.25. The summed E-state index contributed by atoms with van der Waals surface area (Å²) >= 11 is 0. The van der Waals surface area contributed by atoms with Crippen LogP contribution >= 0.6 is 0 Å². The zero-order valence-corrected chi connectivity index (χ0v) is 10.9. The van der Waals surface area contributed by atoms with E-state index in [1.54, 1.807) is 0 Å². The molecule has 1 saturated heterocycles. The Bertz CT molecular complexity index is 413. The highest BCUT2D eigenvalue weighted by Gasteiger charge is 2.30. The summed E-state index contributed by atoms with van der Waals surface area (Å²) in [5.74, 6) is -0.203. The molecule has 4 heteroatoms. The third-order valence-corrected chi connectivity index (χ3v) is 3.32. The van der Waals surface area contributed by atoms with Crippen LogP contribution in [0.3, 0.4) is 0 Å². The number of methoxy groups -OCH3 is 1. The van der Waals surface area contributed by atoms with Crippen LogP contribution < -0.4 is 0 Å². The number of nitrogens with zero attached hydrogens (tertiary/aromatic N) is 1. The molecular weight excluding hydrogens is 230 g/mol. The Labute approximate surface area is 107 Å². The van der Waals surface area contributed by atoms with Crippen molar-refractivity contribution in [2.75, 3.05) is 33.4 Å². The Morgan fingerprint density at radius 1 is 1.33 bits per heavy atom. The summed E-state index contributed by atoms with van der Waals surface area (Å²) in [6, 6.07) is 7.63. The van der Waals surface area contributed by atoms with E-state index < -0.39 is 0 Å². The average molecular weight is 249 g/mol. The first-order valence-electron chi connectivity index (χ1n) is 6.19. The molecule has 0 N–H and O–H groups in total. The zero-order valence-electron chi connectivity index (χ0n) is 10.9. The van der Waals surface area contributed by atoms with E-state index in [2.05, 4.69) is 4.90 Å². The van der Waals surface area contributed by atoms with Crippen molar-refractivity contribution in [2.24, 2.45) is 0 Å². The van der Waals surface area contributed by atoms with E-state index >= 15 is 0 Å². The second-order valence-corrected chi connectivity index (χ2v) is 4.43. The van der Waals surface area contributed by atoms with Crippen molar-refractivity contribution in [3.63, 3.8) is 0 Å². The Hall–Kier alpha value is -1.39. The Balaban J connectivity index is 2.30. The number of hydrogen-bond acceptors (Lipinski definition) is 4. The Kier molecular flexibility index (Phi) is 4.33. The second-order valence-electron chi connectivity index (χ2n) is 4.43. The van der Waals surface area contributed by atoms with Crippen LogP contribution in [-0.4, -0.2) is 44.3 Å². The van der Waals surface area contributed by atoms with E-state index in [-0.39, 0.29) is 12.0 Å². The van der Waals surface area contributed by atoms with Crippen LogP contribution in [0.5, 0.6) is 0 Å². The van der Waals surface area contributed by atoms with Crippen molar-refractivity contribution >= 4 is 5.97 Å². The number of carbonyl (C=O) groups excluding carboxylic acids is 1. The van der Waals surface area contributed by atoms with Crippen LogP contribution in [0.2, 0.25) is 0 Å². The molecule has 1 atom stereocenters. The molecule has 1 aromatic carbocycles. The number of rotatable bonds is 3. The van der Waals surface area contributed by atoms with Gasteiger partial charge in [-0.05, 0) is 18.1 Å². The van der Waals surface area contributed by atoms with Gasteiger partial charge in [0.15, 0.2) is 0 Å². The first-order chi connectivity index (χ1) is 8.74. The van der Waals surface area contributed by atoms with Crippen LogP contribution in [-0.2, 0) is 14.3 Å². The fraction of sp³-hybridized carbons (Fsp3) is 0.500. The maximum Gasteiger partial charge on any atom is 0.327 e. The van der Waals surface area contributed by atoms with Crippen molar-refractivity contribution in [3.05, 3.63) is 35.4 Å². The lowest BCUT2D eigenvalue weighted by atomic mass is 9.99. The molecule has 0 bridgehead atoms. The zero-order chi connectivity index (χ0) is 13.0. The lowest BCUT2D eigenvalue weighted by molar-refractivity contribution is -0.149. The number of ether oxygens (including phenoxy) is 2. The normalized spacial score (nSPS) is 18.3. The monoisotopic (exact) mass is 249 g/mol. The van der Waals surface area contributed by atoms with Crippen molar-refractivity contribution in [1.29, 1.82) is 0 Å². The van der Waals surface area contributed by atoms with Crippen LogP contribution in [0.25, 0.3) is 0 Å². The molecule has 4 nitrogen and oxygen atoms in total. The molecule has 0 aliphatic carbocycles. The van der Waals surface area contributed by atoms with Crippen molar-refractivity contribution in [1.82, 2.24) is 4.90 Å². The molecule has 1 heterocycles. The number of esters is 1. The maximum atomic E-state index is 12.1. The van der Waals surface area contributed by atoms with Gasteiger partial charge in [-0.25, -0.2) is 4.79 Å². The minimum absolute atomic E-state index is 0.203. The third-order valence-electron chi connectivity index (χ3n) is 3.32. The van der Waals surface area contributed by atoms with Crippen molar-refractivity contribution in [3.8, 4) is 0 Å². The highest BCUT2D eigenvalue weighted by molar-refractivity contribution is 5.78. The number of aryl methyl sites for hydroxylation is 1. The Morgan fingerprint density at radius 3 is 2.61 bits per heavy atom.